The van der Waals surface area contributed by atoms with Crippen molar-refractivity contribution >= 4 is 28.3 Å². The zero-order valence-electron chi connectivity index (χ0n) is 20.1. The fraction of sp³-hybridized carbons (Fsp3) is 0.148. The molecule has 0 aliphatic rings. The SMILES string of the molecule is CC(NC(=O)c1c(N)nn2cccnc12)c1nc2cccc(C#C[C@@H](C)O)c2c(=O)n1-c1ccccc1. The van der Waals surface area contributed by atoms with E-state index in [4.69, 9.17) is 10.7 Å². The predicted molar refractivity (Wildman–Crippen MR) is 139 cm³/mol. The van der Waals surface area contributed by atoms with E-state index in [1.807, 2.05) is 18.2 Å². The number of nitrogens with two attached hydrogens (primary N) is 1. The lowest BCUT2D eigenvalue weighted by molar-refractivity contribution is 0.0940. The molecule has 37 heavy (non-hydrogen) atoms. The van der Waals surface area contributed by atoms with Gasteiger partial charge in [0.15, 0.2) is 11.5 Å². The van der Waals surface area contributed by atoms with Crippen molar-refractivity contribution in [3.05, 3.63) is 94.3 Å². The van der Waals surface area contributed by atoms with Gasteiger partial charge >= 0.3 is 0 Å². The Bertz CT molecular complexity index is 1760. The van der Waals surface area contributed by atoms with E-state index in [0.717, 1.165) is 0 Å². The number of fused-ring (bicyclic) bond motifs is 2. The number of aliphatic hydroxyl groups is 1. The van der Waals surface area contributed by atoms with Crippen molar-refractivity contribution in [2.45, 2.75) is 26.0 Å². The number of aliphatic hydroxyl groups excluding tert-OH is 1. The number of carbonyl (C=O) groups is 1. The maximum absolute atomic E-state index is 13.9. The number of aromatic nitrogens is 5. The molecule has 0 fully saturated rings. The molecular formula is C27H23N7O3. The summed E-state index contributed by atoms with van der Waals surface area (Å²) in [6, 6.07) is 15.2. The largest absolute Gasteiger partial charge is 0.381 e. The summed E-state index contributed by atoms with van der Waals surface area (Å²) in [5.74, 6) is 5.42. The number of rotatable bonds is 4. The summed E-state index contributed by atoms with van der Waals surface area (Å²) in [7, 11) is 0. The topological polar surface area (TPSA) is 140 Å². The number of benzene rings is 2. The Labute approximate surface area is 211 Å². The molecule has 0 spiro atoms. The average molecular weight is 494 g/mol. The van der Waals surface area contributed by atoms with E-state index < -0.39 is 18.1 Å². The number of anilines is 1. The summed E-state index contributed by atoms with van der Waals surface area (Å²) in [6.45, 7) is 3.28. The van der Waals surface area contributed by atoms with Crippen LogP contribution in [0.3, 0.4) is 0 Å². The summed E-state index contributed by atoms with van der Waals surface area (Å²) < 4.78 is 2.89. The summed E-state index contributed by atoms with van der Waals surface area (Å²) in [5, 5.41) is 17.0. The van der Waals surface area contributed by atoms with Crippen LogP contribution in [0.5, 0.6) is 0 Å². The van der Waals surface area contributed by atoms with Crippen LogP contribution in [0, 0.1) is 11.8 Å². The van der Waals surface area contributed by atoms with Crippen molar-refractivity contribution in [3.8, 4) is 17.5 Å². The quantitative estimate of drug-likeness (QED) is 0.326. The number of carbonyl (C=O) groups excluding carboxylic acids is 1. The van der Waals surface area contributed by atoms with Crippen LogP contribution in [0.4, 0.5) is 5.82 Å². The fourth-order valence-corrected chi connectivity index (χ4v) is 4.11. The molecule has 5 aromatic rings. The zero-order chi connectivity index (χ0) is 26.1. The molecule has 0 saturated heterocycles. The second-order valence-corrected chi connectivity index (χ2v) is 8.43. The number of nitrogens with zero attached hydrogens (tertiary/aromatic N) is 5. The van der Waals surface area contributed by atoms with Crippen LogP contribution in [-0.4, -0.2) is 41.3 Å². The minimum Gasteiger partial charge on any atom is -0.381 e. The lowest BCUT2D eigenvalue weighted by Crippen LogP contribution is -2.33. The maximum Gasteiger partial charge on any atom is 0.267 e. The molecule has 1 unspecified atom stereocenters. The van der Waals surface area contributed by atoms with Gasteiger partial charge < -0.3 is 16.2 Å². The molecule has 3 heterocycles. The van der Waals surface area contributed by atoms with Crippen molar-refractivity contribution in [2.24, 2.45) is 0 Å². The Morgan fingerprint density at radius 2 is 1.89 bits per heavy atom. The van der Waals surface area contributed by atoms with Gasteiger partial charge in [0.1, 0.15) is 17.5 Å². The van der Waals surface area contributed by atoms with Crippen LogP contribution >= 0.6 is 0 Å². The van der Waals surface area contributed by atoms with E-state index in [1.54, 1.807) is 62.6 Å². The number of para-hydroxylation sites is 1. The molecular weight excluding hydrogens is 470 g/mol. The maximum atomic E-state index is 13.9. The van der Waals surface area contributed by atoms with Crippen LogP contribution in [0.2, 0.25) is 0 Å². The van der Waals surface area contributed by atoms with Gasteiger partial charge in [0.25, 0.3) is 11.5 Å². The van der Waals surface area contributed by atoms with Gasteiger partial charge in [-0.25, -0.2) is 14.5 Å². The molecule has 0 aliphatic carbocycles. The molecule has 3 aromatic heterocycles. The van der Waals surface area contributed by atoms with Gasteiger partial charge in [0.2, 0.25) is 0 Å². The monoisotopic (exact) mass is 493 g/mol. The van der Waals surface area contributed by atoms with Crippen molar-refractivity contribution in [3.63, 3.8) is 0 Å². The minimum absolute atomic E-state index is 0.0386. The van der Waals surface area contributed by atoms with E-state index in [0.29, 0.717) is 33.6 Å². The first kappa shape index (κ1) is 23.7. The summed E-state index contributed by atoms with van der Waals surface area (Å²) in [4.78, 5) is 36.2. The third-order valence-electron chi connectivity index (χ3n) is 5.74. The van der Waals surface area contributed by atoms with Gasteiger partial charge in [-0.15, -0.1) is 5.10 Å². The Balaban J connectivity index is 1.66. The molecule has 2 atom stereocenters. The zero-order valence-corrected chi connectivity index (χ0v) is 20.1. The number of amides is 1. The van der Waals surface area contributed by atoms with Crippen molar-refractivity contribution in [2.75, 3.05) is 5.73 Å². The molecule has 10 heteroatoms. The van der Waals surface area contributed by atoms with E-state index in [-0.39, 0.29) is 16.9 Å². The van der Waals surface area contributed by atoms with E-state index in [2.05, 4.69) is 27.2 Å². The molecule has 0 aliphatic heterocycles. The van der Waals surface area contributed by atoms with Gasteiger partial charge in [0, 0.05) is 18.0 Å². The molecule has 0 radical (unpaired) electrons. The highest BCUT2D eigenvalue weighted by Gasteiger charge is 2.24. The van der Waals surface area contributed by atoms with Crippen molar-refractivity contribution in [1.29, 1.82) is 0 Å². The van der Waals surface area contributed by atoms with Crippen molar-refractivity contribution in [1.82, 2.24) is 29.5 Å². The second kappa shape index (κ2) is 9.56. The molecule has 184 valence electrons. The van der Waals surface area contributed by atoms with Crippen LogP contribution in [0.15, 0.2) is 71.8 Å². The lowest BCUT2D eigenvalue weighted by atomic mass is 10.1. The minimum atomic E-state index is -0.851. The Morgan fingerprint density at radius 1 is 1.11 bits per heavy atom. The van der Waals surface area contributed by atoms with E-state index in [9.17, 15) is 14.7 Å². The van der Waals surface area contributed by atoms with Crippen molar-refractivity contribution < 1.29 is 9.90 Å². The highest BCUT2D eigenvalue weighted by molar-refractivity contribution is 6.04. The van der Waals surface area contributed by atoms with Crippen LogP contribution in [0.25, 0.3) is 22.2 Å². The third-order valence-corrected chi connectivity index (χ3v) is 5.74. The molecule has 5 rings (SSSR count). The first-order valence-corrected chi connectivity index (χ1v) is 11.6. The van der Waals surface area contributed by atoms with Gasteiger partial charge in [-0.3, -0.25) is 14.2 Å². The number of nitrogens with one attached hydrogen (secondary N) is 1. The normalized spacial score (nSPS) is 12.6. The summed E-state index contributed by atoms with van der Waals surface area (Å²) in [6.07, 6.45) is 2.34. The first-order valence-electron chi connectivity index (χ1n) is 11.6. The molecule has 10 nitrogen and oxygen atoms in total. The molecule has 2 aromatic carbocycles. The highest BCUT2D eigenvalue weighted by atomic mass is 16.3. The standard InChI is InChI=1S/C27H23N7O3/c1-16(35)12-13-18-8-6-11-20-21(18)27(37)34(19-9-4-3-5-10-19)24(31-20)17(2)30-26(36)22-23(28)32-33-15-7-14-29-25(22)33/h3-11,14-17,35H,1-2H3,(H2,28,32)(H,30,36)/t16-,17?/m1/s1. The Morgan fingerprint density at radius 3 is 2.65 bits per heavy atom. The smallest absolute Gasteiger partial charge is 0.267 e. The molecule has 0 bridgehead atoms. The van der Waals surface area contributed by atoms with E-state index >= 15 is 0 Å². The third kappa shape index (κ3) is 4.39. The van der Waals surface area contributed by atoms with Crippen LogP contribution < -0.4 is 16.6 Å². The Kier molecular flexibility index (Phi) is 6.13. The van der Waals surface area contributed by atoms with Gasteiger partial charge in [-0.2, -0.15) is 0 Å². The molecule has 4 N–H and O–H groups in total. The summed E-state index contributed by atoms with van der Waals surface area (Å²) in [5.41, 5.74) is 7.58. The predicted octanol–water partition coefficient (Wildman–Crippen LogP) is 2.23. The fourth-order valence-electron chi connectivity index (χ4n) is 4.11. The second-order valence-electron chi connectivity index (χ2n) is 8.43. The Hall–Kier alpha value is -5.01. The van der Waals surface area contributed by atoms with Crippen LogP contribution in [-0.2, 0) is 0 Å². The lowest BCUT2D eigenvalue weighted by Gasteiger charge is -2.20. The molecule has 0 saturated carbocycles. The van der Waals surface area contributed by atoms with Gasteiger partial charge in [0.05, 0.1) is 22.6 Å². The van der Waals surface area contributed by atoms with Crippen LogP contribution in [0.1, 0.15) is 41.6 Å². The molecule has 1 amide bonds. The average Bonchev–Trinajstić information content (AvgIpc) is 3.23. The number of hydrogen-bond donors (Lipinski definition) is 3. The van der Waals surface area contributed by atoms with Gasteiger partial charge in [-0.05, 0) is 44.2 Å². The first-order chi connectivity index (χ1) is 17.8. The van der Waals surface area contributed by atoms with Gasteiger partial charge in [-0.1, -0.05) is 36.1 Å². The number of hydrogen-bond acceptors (Lipinski definition) is 7. The highest BCUT2D eigenvalue weighted by Crippen LogP contribution is 2.22. The number of nitrogen functional groups attached to an aromatic ring is 1. The summed E-state index contributed by atoms with van der Waals surface area (Å²) >= 11 is 0. The van der Waals surface area contributed by atoms with E-state index in [1.165, 1.54) is 9.08 Å².